The lowest BCUT2D eigenvalue weighted by atomic mass is 9.97. The van der Waals surface area contributed by atoms with Gasteiger partial charge >= 0.3 is 5.97 Å². The zero-order valence-corrected chi connectivity index (χ0v) is 23.7. The van der Waals surface area contributed by atoms with Gasteiger partial charge in [-0.15, -0.1) is 5.10 Å². The summed E-state index contributed by atoms with van der Waals surface area (Å²) in [6.45, 7) is 9.28. The number of rotatable bonds is 7. The van der Waals surface area contributed by atoms with E-state index in [9.17, 15) is 4.79 Å². The normalized spacial score (nSPS) is 14.7. The largest absolute Gasteiger partial charge is 0.440 e. The zero-order chi connectivity index (χ0) is 28.6. The van der Waals surface area contributed by atoms with Crippen LogP contribution in [0.4, 0.5) is 0 Å². The Labute approximate surface area is 243 Å². The summed E-state index contributed by atoms with van der Waals surface area (Å²) < 4.78 is 6.36. The lowest BCUT2D eigenvalue weighted by Gasteiger charge is -2.36. The molecule has 42 heavy (non-hydrogen) atoms. The summed E-state index contributed by atoms with van der Waals surface area (Å²) in [6.07, 6.45) is 5.44. The van der Waals surface area contributed by atoms with Crippen molar-refractivity contribution < 1.29 is 14.0 Å². The average Bonchev–Trinajstić information content (AvgIpc) is 3.78. The molecule has 0 unspecified atom stereocenters. The second kappa shape index (κ2) is 10.9. The molecule has 1 N–H and O–H groups in total. The van der Waals surface area contributed by atoms with Gasteiger partial charge in [0.05, 0.1) is 24.5 Å². The third-order valence-electron chi connectivity index (χ3n) is 8.04. The van der Waals surface area contributed by atoms with Gasteiger partial charge in [-0.1, -0.05) is 35.2 Å². The van der Waals surface area contributed by atoms with Gasteiger partial charge in [0, 0.05) is 60.3 Å². The third-order valence-corrected chi connectivity index (χ3v) is 8.04. The fourth-order valence-corrected chi connectivity index (χ4v) is 5.72. The van der Waals surface area contributed by atoms with E-state index in [1.807, 2.05) is 36.7 Å². The van der Waals surface area contributed by atoms with Crippen LogP contribution in [-0.4, -0.2) is 67.9 Å². The van der Waals surface area contributed by atoms with E-state index in [2.05, 4.69) is 51.9 Å². The zero-order valence-electron chi connectivity index (χ0n) is 23.7. The van der Waals surface area contributed by atoms with Crippen LogP contribution in [-0.2, 0) is 6.54 Å². The highest BCUT2D eigenvalue weighted by atomic mass is 16.7. The first kappa shape index (κ1) is 26.2. The Balaban J connectivity index is 1.26. The molecule has 3 aromatic heterocycles. The molecule has 9 heteroatoms. The van der Waals surface area contributed by atoms with Gasteiger partial charge in [0.2, 0.25) is 5.89 Å². The Morgan fingerprint density at radius 1 is 0.952 bits per heavy atom. The molecule has 0 aliphatic carbocycles. The van der Waals surface area contributed by atoms with Crippen molar-refractivity contribution in [3.8, 4) is 22.6 Å². The van der Waals surface area contributed by atoms with Crippen molar-refractivity contribution in [1.29, 1.82) is 0 Å². The van der Waals surface area contributed by atoms with Gasteiger partial charge in [-0.3, -0.25) is 9.80 Å². The summed E-state index contributed by atoms with van der Waals surface area (Å²) in [5, 5.41) is 6.31. The van der Waals surface area contributed by atoms with Gasteiger partial charge in [0.15, 0.2) is 0 Å². The predicted molar refractivity (Wildman–Crippen MR) is 162 cm³/mol. The third kappa shape index (κ3) is 4.97. The first-order valence-electron chi connectivity index (χ1n) is 14.3. The molecule has 6 aromatic rings. The first-order valence-corrected chi connectivity index (χ1v) is 14.3. The molecule has 1 fully saturated rings. The van der Waals surface area contributed by atoms with Crippen LogP contribution >= 0.6 is 0 Å². The van der Waals surface area contributed by atoms with Gasteiger partial charge in [-0.25, -0.2) is 9.78 Å². The number of oxazole rings is 1. The quantitative estimate of drug-likeness (QED) is 0.270. The minimum Gasteiger partial charge on any atom is -0.440 e. The fraction of sp³-hybridized carbons (Fsp3) is 0.242. The number of fused-ring (bicyclic) bond motifs is 2. The van der Waals surface area contributed by atoms with Crippen LogP contribution in [0.15, 0.2) is 89.7 Å². The molecule has 0 amide bonds. The van der Waals surface area contributed by atoms with E-state index >= 15 is 0 Å². The fourth-order valence-electron chi connectivity index (χ4n) is 5.72. The number of nitrogens with one attached hydrogen (secondary N) is 1. The molecular weight excluding hydrogens is 528 g/mol. The minimum absolute atomic E-state index is 0.446. The van der Waals surface area contributed by atoms with E-state index in [0.717, 1.165) is 64.9 Å². The molecule has 0 spiro atoms. The second-order valence-corrected chi connectivity index (χ2v) is 11.0. The summed E-state index contributed by atoms with van der Waals surface area (Å²) in [7, 11) is 0. The molecule has 3 aromatic carbocycles. The van der Waals surface area contributed by atoms with Gasteiger partial charge < -0.3 is 14.2 Å². The van der Waals surface area contributed by atoms with E-state index in [-0.39, 0.29) is 0 Å². The first-order chi connectivity index (χ1) is 20.5. The van der Waals surface area contributed by atoms with Crippen LogP contribution in [0.3, 0.4) is 0 Å². The van der Waals surface area contributed by atoms with Crippen molar-refractivity contribution in [2.45, 2.75) is 26.4 Å². The number of aromatic nitrogens is 4. The van der Waals surface area contributed by atoms with Gasteiger partial charge in [0.1, 0.15) is 11.3 Å². The summed E-state index contributed by atoms with van der Waals surface area (Å²) in [5.41, 5.74) is 4.88. The maximum Gasteiger partial charge on any atom is 0.365 e. The van der Waals surface area contributed by atoms with E-state index in [1.165, 1.54) is 4.85 Å². The van der Waals surface area contributed by atoms with E-state index in [4.69, 9.17) is 14.2 Å². The Bertz CT molecular complexity index is 1860. The molecular formula is C33H32N6O3. The Hall–Kier alpha value is -4.73. The van der Waals surface area contributed by atoms with Crippen molar-refractivity contribution in [3.05, 3.63) is 96.6 Å². The van der Waals surface area contributed by atoms with Crippen LogP contribution in [0, 0.1) is 0 Å². The molecule has 0 radical (unpaired) electrons. The molecule has 7 rings (SSSR count). The Morgan fingerprint density at radius 2 is 1.79 bits per heavy atom. The van der Waals surface area contributed by atoms with Crippen molar-refractivity contribution in [3.63, 3.8) is 0 Å². The highest BCUT2D eigenvalue weighted by molar-refractivity contribution is 6.01. The number of piperazine rings is 1. The van der Waals surface area contributed by atoms with Gasteiger partial charge in [0.25, 0.3) is 0 Å². The Kier molecular flexibility index (Phi) is 6.81. The number of benzene rings is 3. The molecule has 9 nitrogen and oxygen atoms in total. The molecule has 212 valence electrons. The number of carbonyl (C=O) groups is 1. The molecule has 0 atom stereocenters. The van der Waals surface area contributed by atoms with E-state index < -0.39 is 5.97 Å². The number of H-pyrrole nitrogens is 1. The van der Waals surface area contributed by atoms with Crippen molar-refractivity contribution in [2.75, 3.05) is 26.2 Å². The summed E-state index contributed by atoms with van der Waals surface area (Å²) >= 11 is 0. The maximum absolute atomic E-state index is 12.9. The lowest BCUT2D eigenvalue weighted by Crippen LogP contribution is -2.48. The lowest BCUT2D eigenvalue weighted by molar-refractivity contribution is 0.0419. The van der Waals surface area contributed by atoms with Crippen molar-refractivity contribution >= 4 is 27.8 Å². The number of aromatic amines is 1. The van der Waals surface area contributed by atoms with Crippen LogP contribution in [0.25, 0.3) is 44.4 Å². The highest BCUT2D eigenvalue weighted by Gasteiger charge is 2.22. The smallest absolute Gasteiger partial charge is 0.365 e. The summed E-state index contributed by atoms with van der Waals surface area (Å²) in [5.74, 6) is 0.835. The number of nitrogens with zero attached hydrogens (tertiary/aromatic N) is 5. The SMILES string of the molecule is CC(C)N1CCN(Cc2cnc(-c3cc(-c4cccc5[nH]ccc45)cc4c3cnn4OC(=O)c3ccccc3)o2)CC1. The van der Waals surface area contributed by atoms with E-state index in [0.29, 0.717) is 29.6 Å². The monoisotopic (exact) mass is 560 g/mol. The summed E-state index contributed by atoms with van der Waals surface area (Å²) in [4.78, 5) is 32.8. The average molecular weight is 561 g/mol. The van der Waals surface area contributed by atoms with Crippen molar-refractivity contribution in [1.82, 2.24) is 29.7 Å². The van der Waals surface area contributed by atoms with Crippen LogP contribution in [0.1, 0.15) is 30.0 Å². The second-order valence-electron chi connectivity index (χ2n) is 11.0. The highest BCUT2D eigenvalue weighted by Crippen LogP contribution is 2.36. The van der Waals surface area contributed by atoms with Gasteiger partial charge in [-0.2, -0.15) is 0 Å². The Morgan fingerprint density at radius 3 is 2.60 bits per heavy atom. The molecule has 1 aliphatic heterocycles. The maximum atomic E-state index is 12.9. The minimum atomic E-state index is -0.490. The number of carbonyl (C=O) groups excluding carboxylic acids is 1. The number of hydrogen-bond acceptors (Lipinski definition) is 7. The van der Waals surface area contributed by atoms with Crippen LogP contribution < -0.4 is 4.84 Å². The van der Waals surface area contributed by atoms with E-state index in [1.54, 1.807) is 30.5 Å². The molecule has 0 bridgehead atoms. The topological polar surface area (TPSA) is 92.4 Å². The van der Waals surface area contributed by atoms with Gasteiger partial charge in [-0.05, 0) is 61.4 Å². The summed E-state index contributed by atoms with van der Waals surface area (Å²) in [6, 6.07) is 21.7. The molecule has 0 saturated carbocycles. The standard InChI is InChI=1S/C33H32N6O3/c1-22(2)38-15-13-37(14-16-38)21-25-19-35-32(41-25)28-17-24(26-9-6-10-30-27(26)11-12-34-30)18-31-29(28)20-36-39(31)42-33(40)23-7-4-3-5-8-23/h3-12,17-20,22,34H,13-16,21H2,1-2H3. The molecule has 1 saturated heterocycles. The van der Waals surface area contributed by atoms with Crippen LogP contribution in [0.5, 0.6) is 0 Å². The molecule has 1 aliphatic rings. The molecule has 4 heterocycles. The van der Waals surface area contributed by atoms with Crippen LogP contribution in [0.2, 0.25) is 0 Å². The predicted octanol–water partition coefficient (Wildman–Crippen LogP) is 5.63. The van der Waals surface area contributed by atoms with Crippen molar-refractivity contribution in [2.24, 2.45) is 0 Å². The number of hydrogen-bond donors (Lipinski definition) is 1.